The van der Waals surface area contributed by atoms with Gasteiger partial charge in [0.1, 0.15) is 11.6 Å². The number of hydrogen-bond donors (Lipinski definition) is 3. The van der Waals surface area contributed by atoms with Gasteiger partial charge in [-0.15, -0.1) is 0 Å². The molecule has 1 amide bonds. The minimum atomic E-state index is -0.376. The van der Waals surface area contributed by atoms with Crippen LogP contribution in [0, 0.1) is 11.7 Å². The summed E-state index contributed by atoms with van der Waals surface area (Å²) in [6.45, 7) is 3.92. The first-order chi connectivity index (χ1) is 11.5. The minimum absolute atomic E-state index is 0.128. The average molecular weight is 331 g/mol. The molecule has 1 aromatic heterocycles. The van der Waals surface area contributed by atoms with Crippen LogP contribution < -0.4 is 10.6 Å². The predicted molar refractivity (Wildman–Crippen MR) is 91.7 cm³/mol. The lowest BCUT2D eigenvalue weighted by atomic mass is 10.0. The van der Waals surface area contributed by atoms with Gasteiger partial charge in [-0.1, -0.05) is 19.9 Å². The highest BCUT2D eigenvalue weighted by Crippen LogP contribution is 2.19. The van der Waals surface area contributed by atoms with E-state index in [0.717, 1.165) is 0 Å². The van der Waals surface area contributed by atoms with Gasteiger partial charge in [0.05, 0.1) is 18.2 Å². The summed E-state index contributed by atoms with van der Waals surface area (Å²) in [6, 6.07) is 8.90. The van der Waals surface area contributed by atoms with Gasteiger partial charge in [-0.05, 0) is 42.7 Å². The maximum Gasteiger partial charge on any atom is 0.255 e. The summed E-state index contributed by atoms with van der Waals surface area (Å²) in [5, 5.41) is 15.2. The number of pyridine rings is 1. The van der Waals surface area contributed by atoms with Crippen molar-refractivity contribution in [2.45, 2.75) is 26.3 Å². The van der Waals surface area contributed by atoms with Gasteiger partial charge in [-0.25, -0.2) is 9.37 Å². The zero-order valence-electron chi connectivity index (χ0n) is 13.8. The van der Waals surface area contributed by atoms with E-state index in [1.807, 2.05) is 13.8 Å². The number of nitrogens with one attached hydrogen (secondary N) is 2. The van der Waals surface area contributed by atoms with Crippen molar-refractivity contribution in [3.63, 3.8) is 0 Å². The number of anilines is 2. The molecule has 1 aromatic carbocycles. The Morgan fingerprint density at radius 2 is 2.08 bits per heavy atom. The SMILES string of the molecule is CC(C)CC(CO)NC(=O)c1cccnc1Nc1cccc(F)c1. The monoisotopic (exact) mass is 331 g/mol. The fourth-order valence-electron chi connectivity index (χ4n) is 2.40. The molecule has 128 valence electrons. The molecule has 2 aromatic rings. The predicted octanol–water partition coefficient (Wildman–Crippen LogP) is 3.10. The van der Waals surface area contributed by atoms with Gasteiger partial charge in [0, 0.05) is 11.9 Å². The lowest BCUT2D eigenvalue weighted by Gasteiger charge is -2.19. The van der Waals surface area contributed by atoms with Crippen molar-refractivity contribution in [2.24, 2.45) is 5.92 Å². The first-order valence-corrected chi connectivity index (χ1v) is 7.89. The van der Waals surface area contributed by atoms with E-state index in [0.29, 0.717) is 29.4 Å². The second-order valence-corrected chi connectivity index (χ2v) is 6.02. The topological polar surface area (TPSA) is 74.2 Å². The van der Waals surface area contributed by atoms with Gasteiger partial charge in [0.15, 0.2) is 0 Å². The van der Waals surface area contributed by atoms with Crippen LogP contribution in [-0.4, -0.2) is 28.6 Å². The number of amides is 1. The lowest BCUT2D eigenvalue weighted by Crippen LogP contribution is -2.38. The zero-order chi connectivity index (χ0) is 17.5. The minimum Gasteiger partial charge on any atom is -0.394 e. The van der Waals surface area contributed by atoms with Crippen molar-refractivity contribution in [3.8, 4) is 0 Å². The Kier molecular flexibility index (Phi) is 6.26. The summed E-state index contributed by atoms with van der Waals surface area (Å²) in [5.41, 5.74) is 0.840. The number of halogens is 1. The van der Waals surface area contributed by atoms with Gasteiger partial charge in [0.2, 0.25) is 0 Å². The highest BCUT2D eigenvalue weighted by Gasteiger charge is 2.17. The molecule has 0 aliphatic heterocycles. The van der Waals surface area contributed by atoms with E-state index in [-0.39, 0.29) is 24.4 Å². The molecule has 0 aliphatic carbocycles. The van der Waals surface area contributed by atoms with Crippen molar-refractivity contribution in [2.75, 3.05) is 11.9 Å². The third-order valence-corrected chi connectivity index (χ3v) is 3.45. The Morgan fingerprint density at radius 1 is 1.29 bits per heavy atom. The third kappa shape index (κ3) is 5.03. The van der Waals surface area contributed by atoms with Gasteiger partial charge in [-0.2, -0.15) is 0 Å². The van der Waals surface area contributed by atoms with Crippen LogP contribution in [0.2, 0.25) is 0 Å². The lowest BCUT2D eigenvalue weighted by molar-refractivity contribution is 0.0909. The van der Waals surface area contributed by atoms with Crippen LogP contribution in [0.4, 0.5) is 15.9 Å². The molecule has 0 saturated heterocycles. The van der Waals surface area contributed by atoms with Crippen LogP contribution in [0.3, 0.4) is 0 Å². The summed E-state index contributed by atoms with van der Waals surface area (Å²) >= 11 is 0. The van der Waals surface area contributed by atoms with Crippen molar-refractivity contribution >= 4 is 17.4 Å². The first-order valence-electron chi connectivity index (χ1n) is 7.89. The molecular formula is C18H22FN3O2. The Bertz CT molecular complexity index is 691. The average Bonchev–Trinajstić information content (AvgIpc) is 2.54. The highest BCUT2D eigenvalue weighted by atomic mass is 19.1. The number of carbonyl (C=O) groups excluding carboxylic acids is 1. The number of benzene rings is 1. The third-order valence-electron chi connectivity index (χ3n) is 3.45. The maximum atomic E-state index is 13.3. The summed E-state index contributed by atoms with van der Waals surface area (Å²) in [7, 11) is 0. The van der Waals surface area contributed by atoms with Crippen molar-refractivity contribution in [3.05, 3.63) is 54.0 Å². The number of aromatic nitrogens is 1. The Hall–Kier alpha value is -2.47. The number of nitrogens with zero attached hydrogens (tertiary/aromatic N) is 1. The molecule has 1 atom stereocenters. The van der Waals surface area contributed by atoms with Crippen LogP contribution in [0.5, 0.6) is 0 Å². The zero-order valence-corrected chi connectivity index (χ0v) is 13.8. The second kappa shape index (κ2) is 8.40. The van der Waals surface area contributed by atoms with E-state index in [1.54, 1.807) is 30.5 Å². The Labute approximate surface area is 140 Å². The van der Waals surface area contributed by atoms with Crippen LogP contribution in [0.15, 0.2) is 42.6 Å². The van der Waals surface area contributed by atoms with Crippen molar-refractivity contribution < 1.29 is 14.3 Å². The van der Waals surface area contributed by atoms with E-state index in [4.69, 9.17) is 0 Å². The number of rotatable bonds is 7. The largest absolute Gasteiger partial charge is 0.394 e. The fourth-order valence-corrected chi connectivity index (χ4v) is 2.40. The smallest absolute Gasteiger partial charge is 0.255 e. The van der Waals surface area contributed by atoms with Gasteiger partial charge in [0.25, 0.3) is 5.91 Å². The van der Waals surface area contributed by atoms with Gasteiger partial charge >= 0.3 is 0 Å². The summed E-state index contributed by atoms with van der Waals surface area (Å²) in [6.07, 6.45) is 2.23. The summed E-state index contributed by atoms with van der Waals surface area (Å²) in [4.78, 5) is 16.7. The molecule has 0 radical (unpaired) electrons. The molecule has 0 fully saturated rings. The van der Waals surface area contributed by atoms with E-state index in [2.05, 4.69) is 15.6 Å². The molecule has 3 N–H and O–H groups in total. The first kappa shape index (κ1) is 17.9. The molecule has 0 spiro atoms. The molecule has 24 heavy (non-hydrogen) atoms. The molecule has 2 rings (SSSR count). The summed E-state index contributed by atoms with van der Waals surface area (Å²) < 4.78 is 13.3. The molecule has 0 bridgehead atoms. The van der Waals surface area contributed by atoms with Gasteiger partial charge < -0.3 is 15.7 Å². The normalized spacial score (nSPS) is 12.0. The summed E-state index contributed by atoms with van der Waals surface area (Å²) in [5.74, 6) is -0.0241. The standard InChI is InChI=1S/C18H22FN3O2/c1-12(2)9-15(11-23)22-18(24)16-7-4-8-20-17(16)21-14-6-3-5-13(19)10-14/h3-8,10,12,15,23H,9,11H2,1-2H3,(H,20,21)(H,22,24). The number of aliphatic hydroxyl groups excluding tert-OH is 1. The number of aliphatic hydroxyl groups is 1. The van der Waals surface area contributed by atoms with E-state index in [1.165, 1.54) is 12.1 Å². The van der Waals surface area contributed by atoms with Crippen LogP contribution in [-0.2, 0) is 0 Å². The quantitative estimate of drug-likeness (QED) is 0.729. The van der Waals surface area contributed by atoms with E-state index >= 15 is 0 Å². The van der Waals surface area contributed by atoms with Crippen molar-refractivity contribution in [1.29, 1.82) is 0 Å². The van der Waals surface area contributed by atoms with Crippen LogP contribution >= 0.6 is 0 Å². The number of hydrogen-bond acceptors (Lipinski definition) is 4. The molecule has 0 saturated carbocycles. The highest BCUT2D eigenvalue weighted by molar-refractivity contribution is 5.99. The number of carbonyl (C=O) groups is 1. The van der Waals surface area contributed by atoms with E-state index in [9.17, 15) is 14.3 Å². The Morgan fingerprint density at radius 3 is 2.75 bits per heavy atom. The molecule has 5 nitrogen and oxygen atoms in total. The van der Waals surface area contributed by atoms with Crippen LogP contribution in [0.25, 0.3) is 0 Å². The molecule has 0 aliphatic rings. The maximum absolute atomic E-state index is 13.3. The van der Waals surface area contributed by atoms with Gasteiger partial charge in [-0.3, -0.25) is 4.79 Å². The van der Waals surface area contributed by atoms with Crippen LogP contribution in [0.1, 0.15) is 30.6 Å². The molecule has 1 heterocycles. The molecular weight excluding hydrogens is 309 g/mol. The van der Waals surface area contributed by atoms with Crippen molar-refractivity contribution in [1.82, 2.24) is 10.3 Å². The molecule has 6 heteroatoms. The fraction of sp³-hybridized carbons (Fsp3) is 0.333. The van der Waals surface area contributed by atoms with E-state index < -0.39 is 0 Å². The second-order valence-electron chi connectivity index (χ2n) is 6.02. The molecule has 1 unspecified atom stereocenters. The Balaban J connectivity index is 2.17.